The summed E-state index contributed by atoms with van der Waals surface area (Å²) in [7, 11) is 0. The Morgan fingerprint density at radius 1 is 1.12 bits per heavy atom. The molecule has 1 aromatic heterocycles. The van der Waals surface area contributed by atoms with Gasteiger partial charge in [-0.1, -0.05) is 36.4 Å². The summed E-state index contributed by atoms with van der Waals surface area (Å²) in [5.74, 6) is 0.392. The summed E-state index contributed by atoms with van der Waals surface area (Å²) < 4.78 is 0. The summed E-state index contributed by atoms with van der Waals surface area (Å²) in [4.78, 5) is 22.1. The topological polar surface area (TPSA) is 71.6 Å². The highest BCUT2D eigenvalue weighted by Gasteiger charge is 2.38. The predicted molar refractivity (Wildman–Crippen MR) is 94.3 cm³/mol. The second kappa shape index (κ2) is 6.32. The predicted octanol–water partition coefficient (Wildman–Crippen LogP) is 3.66. The molecule has 6 heteroatoms. The fourth-order valence-electron chi connectivity index (χ4n) is 3.29. The van der Waals surface area contributed by atoms with Crippen molar-refractivity contribution in [1.29, 1.82) is 0 Å². The SMILES string of the molecule is O=[N+]([O-])C1=CC=CN2C1=NC(c1ccccn1)CC2c1ccccc1. The van der Waals surface area contributed by atoms with Crippen LogP contribution in [0.1, 0.15) is 29.8 Å². The van der Waals surface area contributed by atoms with Gasteiger partial charge in [-0.05, 0) is 23.8 Å². The summed E-state index contributed by atoms with van der Waals surface area (Å²) in [6, 6.07) is 15.5. The minimum absolute atomic E-state index is 0.0177. The molecule has 0 amide bonds. The van der Waals surface area contributed by atoms with Gasteiger partial charge in [0.25, 0.3) is 0 Å². The second-order valence-electron chi connectivity index (χ2n) is 5.94. The Morgan fingerprint density at radius 2 is 1.92 bits per heavy atom. The summed E-state index contributed by atoms with van der Waals surface area (Å²) in [5, 5.41) is 11.5. The lowest BCUT2D eigenvalue weighted by molar-refractivity contribution is -0.416. The van der Waals surface area contributed by atoms with E-state index in [9.17, 15) is 10.1 Å². The van der Waals surface area contributed by atoms with Crippen LogP contribution in [0.25, 0.3) is 0 Å². The Hall–Kier alpha value is -3.28. The molecule has 25 heavy (non-hydrogen) atoms. The van der Waals surface area contributed by atoms with E-state index in [1.165, 1.54) is 6.08 Å². The summed E-state index contributed by atoms with van der Waals surface area (Å²) in [6.07, 6.45) is 7.49. The molecule has 2 unspecified atom stereocenters. The van der Waals surface area contributed by atoms with Crippen molar-refractivity contribution in [3.8, 4) is 0 Å². The van der Waals surface area contributed by atoms with E-state index in [4.69, 9.17) is 0 Å². The van der Waals surface area contributed by atoms with Gasteiger partial charge in [-0.3, -0.25) is 20.1 Å². The highest BCUT2D eigenvalue weighted by atomic mass is 16.6. The summed E-state index contributed by atoms with van der Waals surface area (Å²) in [6.45, 7) is 0. The zero-order valence-corrected chi connectivity index (χ0v) is 13.4. The van der Waals surface area contributed by atoms with Gasteiger partial charge in [-0.2, -0.15) is 0 Å². The van der Waals surface area contributed by atoms with Crippen LogP contribution in [0, 0.1) is 10.1 Å². The van der Waals surface area contributed by atoms with E-state index in [1.54, 1.807) is 12.3 Å². The minimum atomic E-state index is -0.377. The van der Waals surface area contributed by atoms with Gasteiger partial charge in [0, 0.05) is 24.9 Å². The molecule has 124 valence electrons. The van der Waals surface area contributed by atoms with Gasteiger partial charge < -0.3 is 4.90 Å². The lowest BCUT2D eigenvalue weighted by atomic mass is 9.93. The van der Waals surface area contributed by atoms with Gasteiger partial charge in [0.15, 0.2) is 0 Å². The largest absolute Gasteiger partial charge is 0.320 e. The molecule has 0 aliphatic carbocycles. The van der Waals surface area contributed by atoms with Crippen LogP contribution in [0.5, 0.6) is 0 Å². The number of benzene rings is 1. The number of nitro groups is 1. The quantitative estimate of drug-likeness (QED) is 0.635. The van der Waals surface area contributed by atoms with Crippen molar-refractivity contribution < 1.29 is 4.92 Å². The number of aromatic nitrogens is 1. The van der Waals surface area contributed by atoms with Crippen molar-refractivity contribution in [1.82, 2.24) is 9.88 Å². The third-order valence-electron chi connectivity index (χ3n) is 4.45. The molecule has 0 spiro atoms. The highest BCUT2D eigenvalue weighted by molar-refractivity contribution is 5.98. The minimum Gasteiger partial charge on any atom is -0.320 e. The molecule has 2 atom stereocenters. The fraction of sp³-hybridized carbons (Fsp3) is 0.158. The average Bonchev–Trinajstić information content (AvgIpc) is 2.68. The first kappa shape index (κ1) is 15.3. The molecular weight excluding hydrogens is 316 g/mol. The molecule has 0 radical (unpaired) electrons. The van der Waals surface area contributed by atoms with Crippen LogP contribution in [0.3, 0.4) is 0 Å². The van der Waals surface area contributed by atoms with Crippen molar-refractivity contribution in [3.05, 3.63) is 100 Å². The zero-order chi connectivity index (χ0) is 17.2. The molecular formula is C19H16N4O2. The maximum atomic E-state index is 11.5. The number of pyridine rings is 1. The number of aliphatic imine (C=N–C) groups is 1. The molecule has 6 nitrogen and oxygen atoms in total. The highest BCUT2D eigenvalue weighted by Crippen LogP contribution is 2.39. The zero-order valence-electron chi connectivity index (χ0n) is 13.4. The first-order valence-corrected chi connectivity index (χ1v) is 8.09. The van der Waals surface area contributed by atoms with Crippen LogP contribution >= 0.6 is 0 Å². The fourth-order valence-corrected chi connectivity index (χ4v) is 3.29. The standard InChI is InChI=1S/C19H16N4O2/c24-23(25)17-10-6-12-22-18(14-7-2-1-3-8-14)13-16(21-19(17)22)15-9-4-5-11-20-15/h1-12,16,18H,13H2. The van der Waals surface area contributed by atoms with Crippen LogP contribution in [0.2, 0.25) is 0 Å². The number of hydrogen-bond acceptors (Lipinski definition) is 5. The maximum Gasteiger partial charge on any atom is 0.311 e. The molecule has 1 aromatic carbocycles. The van der Waals surface area contributed by atoms with E-state index in [-0.39, 0.29) is 22.7 Å². The molecule has 2 aliphatic heterocycles. The molecule has 0 N–H and O–H groups in total. The number of rotatable bonds is 3. The Balaban J connectivity index is 1.81. The monoisotopic (exact) mass is 332 g/mol. The molecule has 0 saturated carbocycles. The summed E-state index contributed by atoms with van der Waals surface area (Å²) in [5.41, 5.74) is 1.95. The smallest absolute Gasteiger partial charge is 0.311 e. The van der Waals surface area contributed by atoms with Gasteiger partial charge in [0.1, 0.15) is 0 Å². The molecule has 3 heterocycles. The van der Waals surface area contributed by atoms with E-state index in [0.29, 0.717) is 12.3 Å². The number of allylic oxidation sites excluding steroid dienone is 2. The maximum absolute atomic E-state index is 11.5. The van der Waals surface area contributed by atoms with Crippen molar-refractivity contribution in [2.45, 2.75) is 18.5 Å². The molecule has 4 rings (SSSR count). The van der Waals surface area contributed by atoms with Gasteiger partial charge in [0.05, 0.1) is 22.7 Å². The van der Waals surface area contributed by atoms with Crippen LogP contribution in [-0.2, 0) is 0 Å². The molecule has 0 fully saturated rings. The van der Waals surface area contributed by atoms with Crippen LogP contribution in [-0.4, -0.2) is 20.6 Å². The van der Waals surface area contributed by atoms with E-state index < -0.39 is 0 Å². The van der Waals surface area contributed by atoms with Gasteiger partial charge in [-0.15, -0.1) is 0 Å². The number of nitrogens with zero attached hydrogens (tertiary/aromatic N) is 4. The van der Waals surface area contributed by atoms with Gasteiger partial charge in [-0.25, -0.2) is 0 Å². The number of hydrogen-bond donors (Lipinski definition) is 0. The van der Waals surface area contributed by atoms with E-state index in [2.05, 4.69) is 9.98 Å². The number of amidine groups is 1. The van der Waals surface area contributed by atoms with Crippen molar-refractivity contribution >= 4 is 5.84 Å². The molecule has 2 aromatic rings. The molecule has 0 bridgehead atoms. The first-order valence-electron chi connectivity index (χ1n) is 8.09. The molecule has 0 saturated heterocycles. The Kier molecular flexibility index (Phi) is 3.85. The normalized spacial score (nSPS) is 22.0. The lowest BCUT2D eigenvalue weighted by Gasteiger charge is -2.37. The van der Waals surface area contributed by atoms with Crippen molar-refractivity contribution in [2.24, 2.45) is 4.99 Å². The van der Waals surface area contributed by atoms with E-state index in [0.717, 1.165) is 11.3 Å². The first-order chi connectivity index (χ1) is 12.2. The third-order valence-corrected chi connectivity index (χ3v) is 4.45. The Bertz CT molecular complexity index is 875. The molecule has 2 aliphatic rings. The van der Waals surface area contributed by atoms with Crippen LogP contribution < -0.4 is 0 Å². The summed E-state index contributed by atoms with van der Waals surface area (Å²) >= 11 is 0. The second-order valence-corrected chi connectivity index (χ2v) is 5.94. The van der Waals surface area contributed by atoms with Crippen LogP contribution in [0.15, 0.2) is 83.8 Å². The Morgan fingerprint density at radius 3 is 2.64 bits per heavy atom. The average molecular weight is 332 g/mol. The third kappa shape index (κ3) is 2.82. The number of fused-ring (bicyclic) bond motifs is 1. The van der Waals surface area contributed by atoms with Gasteiger partial charge >= 0.3 is 5.70 Å². The van der Waals surface area contributed by atoms with Crippen LogP contribution in [0.4, 0.5) is 0 Å². The van der Waals surface area contributed by atoms with Gasteiger partial charge in [0.2, 0.25) is 5.84 Å². The Labute approximate surface area is 145 Å². The van der Waals surface area contributed by atoms with E-state index in [1.807, 2.05) is 59.6 Å². The van der Waals surface area contributed by atoms with Crippen molar-refractivity contribution in [3.63, 3.8) is 0 Å². The lowest BCUT2D eigenvalue weighted by Crippen LogP contribution is -2.39. The van der Waals surface area contributed by atoms with Crippen molar-refractivity contribution in [2.75, 3.05) is 0 Å². The van der Waals surface area contributed by atoms with E-state index >= 15 is 0 Å².